The van der Waals surface area contributed by atoms with Crippen molar-refractivity contribution in [3.8, 4) is 0 Å². The second-order valence-corrected chi connectivity index (χ2v) is 6.17. The van der Waals surface area contributed by atoms with Gasteiger partial charge in [-0.3, -0.25) is 0 Å². The molecule has 0 bridgehead atoms. The van der Waals surface area contributed by atoms with Crippen molar-refractivity contribution in [1.82, 2.24) is 9.55 Å². The van der Waals surface area contributed by atoms with E-state index in [4.69, 9.17) is 10.7 Å². The summed E-state index contributed by atoms with van der Waals surface area (Å²) in [5, 5.41) is 0. The van der Waals surface area contributed by atoms with Gasteiger partial charge in [-0.25, -0.2) is 4.98 Å². The Morgan fingerprint density at radius 1 is 1.33 bits per heavy atom. The number of nitrogens with two attached hydrogens (primary N) is 1. The molecular weight excluding hydrogens is 222 g/mol. The molecule has 2 rings (SSSR count). The Labute approximate surface area is 109 Å². The summed E-state index contributed by atoms with van der Waals surface area (Å²) >= 11 is 0. The molecule has 1 aromatic carbocycles. The molecule has 0 aliphatic carbocycles. The average Bonchev–Trinajstić information content (AvgIpc) is 2.53. The van der Waals surface area contributed by atoms with Crippen molar-refractivity contribution >= 4 is 11.0 Å². The maximum absolute atomic E-state index is 6.07. The van der Waals surface area contributed by atoms with Crippen molar-refractivity contribution in [3.63, 3.8) is 0 Å². The lowest BCUT2D eigenvalue weighted by molar-refractivity contribution is 0.517. The quantitative estimate of drug-likeness (QED) is 0.903. The highest BCUT2D eigenvalue weighted by Gasteiger charge is 2.14. The van der Waals surface area contributed by atoms with Gasteiger partial charge in [0.15, 0.2) is 0 Å². The zero-order valence-corrected chi connectivity index (χ0v) is 12.0. The second kappa shape index (κ2) is 4.39. The highest BCUT2D eigenvalue weighted by molar-refractivity contribution is 5.77. The predicted molar refractivity (Wildman–Crippen MR) is 76.8 cm³/mol. The molecule has 2 aromatic rings. The number of benzene rings is 1. The lowest BCUT2D eigenvalue weighted by atomic mass is 9.96. The number of nitrogens with zero attached hydrogens (tertiary/aromatic N) is 2. The Hall–Kier alpha value is -1.35. The zero-order valence-electron chi connectivity index (χ0n) is 12.0. The van der Waals surface area contributed by atoms with Gasteiger partial charge in [-0.1, -0.05) is 19.9 Å². The molecule has 0 radical (unpaired) electrons. The normalized spacial score (nSPS) is 12.6. The smallest absolute Gasteiger partial charge is 0.112 e. The van der Waals surface area contributed by atoms with Crippen molar-refractivity contribution in [3.05, 3.63) is 29.6 Å². The fraction of sp³-hybridized carbons (Fsp3) is 0.533. The molecule has 0 saturated carbocycles. The van der Waals surface area contributed by atoms with Crippen LogP contribution in [0.1, 0.15) is 45.0 Å². The third kappa shape index (κ3) is 2.56. The Balaban J connectivity index is 2.46. The van der Waals surface area contributed by atoms with Gasteiger partial charge in [0.05, 0.1) is 11.0 Å². The number of aromatic nitrogens is 2. The summed E-state index contributed by atoms with van der Waals surface area (Å²) in [6.45, 7) is 8.45. The topological polar surface area (TPSA) is 43.8 Å². The Kier molecular flexibility index (Phi) is 3.20. The lowest BCUT2D eigenvalue weighted by Gasteiger charge is -2.18. The molecule has 3 heteroatoms. The van der Waals surface area contributed by atoms with E-state index in [-0.39, 0.29) is 5.54 Å². The lowest BCUT2D eigenvalue weighted by Crippen LogP contribution is -2.34. The highest BCUT2D eigenvalue weighted by Crippen LogP contribution is 2.22. The summed E-state index contributed by atoms with van der Waals surface area (Å²) in [5.74, 6) is 1.57. The first kappa shape index (κ1) is 13.1. The summed E-state index contributed by atoms with van der Waals surface area (Å²) in [6.07, 6.45) is 0.872. The minimum Gasteiger partial charge on any atom is -0.331 e. The van der Waals surface area contributed by atoms with Crippen LogP contribution >= 0.6 is 0 Å². The number of hydrogen-bond donors (Lipinski definition) is 1. The molecule has 1 aromatic heterocycles. The van der Waals surface area contributed by atoms with E-state index in [9.17, 15) is 0 Å². The molecule has 0 unspecified atom stereocenters. The van der Waals surface area contributed by atoms with Crippen LogP contribution < -0.4 is 5.73 Å². The van der Waals surface area contributed by atoms with Gasteiger partial charge in [0.1, 0.15) is 5.82 Å². The minimum absolute atomic E-state index is 0.177. The van der Waals surface area contributed by atoms with Gasteiger partial charge in [0.2, 0.25) is 0 Å². The van der Waals surface area contributed by atoms with Crippen molar-refractivity contribution in [2.24, 2.45) is 12.8 Å². The molecule has 98 valence electrons. The van der Waals surface area contributed by atoms with Crippen LogP contribution in [0.15, 0.2) is 18.2 Å². The van der Waals surface area contributed by atoms with Crippen molar-refractivity contribution < 1.29 is 0 Å². The summed E-state index contributed by atoms with van der Waals surface area (Å²) in [6, 6.07) is 6.47. The molecule has 0 atom stereocenters. The van der Waals surface area contributed by atoms with E-state index in [0.29, 0.717) is 5.92 Å². The highest BCUT2D eigenvalue weighted by atomic mass is 15.1. The molecular formula is C15H23N3. The van der Waals surface area contributed by atoms with Crippen LogP contribution in [0.3, 0.4) is 0 Å². The summed E-state index contributed by atoms with van der Waals surface area (Å²) in [5.41, 5.74) is 9.41. The molecule has 2 N–H and O–H groups in total. The number of hydrogen-bond acceptors (Lipinski definition) is 2. The number of rotatable bonds is 3. The van der Waals surface area contributed by atoms with E-state index in [1.54, 1.807) is 0 Å². The molecule has 0 aliphatic rings. The van der Waals surface area contributed by atoms with Crippen LogP contribution in [0.25, 0.3) is 11.0 Å². The number of fused-ring (bicyclic) bond motifs is 1. The third-order valence-electron chi connectivity index (χ3n) is 3.16. The van der Waals surface area contributed by atoms with Crippen LogP contribution in [-0.2, 0) is 13.5 Å². The molecule has 0 spiro atoms. The molecule has 0 fully saturated rings. The monoisotopic (exact) mass is 245 g/mol. The van der Waals surface area contributed by atoms with Crippen molar-refractivity contribution in [1.29, 1.82) is 0 Å². The Bertz CT molecular complexity index is 559. The molecule has 0 amide bonds. The third-order valence-corrected chi connectivity index (χ3v) is 3.16. The van der Waals surface area contributed by atoms with Gasteiger partial charge in [0.25, 0.3) is 0 Å². The first-order valence-electron chi connectivity index (χ1n) is 6.52. The number of imidazole rings is 1. The van der Waals surface area contributed by atoms with Gasteiger partial charge >= 0.3 is 0 Å². The number of aryl methyl sites for hydroxylation is 1. The van der Waals surface area contributed by atoms with Gasteiger partial charge in [0, 0.05) is 18.5 Å². The summed E-state index contributed by atoms with van der Waals surface area (Å²) < 4.78 is 2.18. The standard InChI is InChI=1S/C15H23N3/c1-10(2)14-17-12-8-11(9-15(3,4)16)6-7-13(12)18(14)5/h6-8,10H,9,16H2,1-5H3. The van der Waals surface area contributed by atoms with Gasteiger partial charge in [-0.2, -0.15) is 0 Å². The van der Waals surface area contributed by atoms with E-state index in [2.05, 4.69) is 57.5 Å². The molecule has 3 nitrogen and oxygen atoms in total. The second-order valence-electron chi connectivity index (χ2n) is 6.17. The SMILES string of the molecule is CC(C)c1nc2cc(CC(C)(C)N)ccc2n1C. The van der Waals surface area contributed by atoms with E-state index in [1.807, 2.05) is 0 Å². The first-order chi connectivity index (χ1) is 8.28. The van der Waals surface area contributed by atoms with Crippen LogP contribution in [0.2, 0.25) is 0 Å². The van der Waals surface area contributed by atoms with Crippen LogP contribution in [0, 0.1) is 0 Å². The predicted octanol–water partition coefficient (Wildman–Crippen LogP) is 2.98. The average molecular weight is 245 g/mol. The van der Waals surface area contributed by atoms with E-state index in [0.717, 1.165) is 17.8 Å². The minimum atomic E-state index is -0.177. The molecule has 18 heavy (non-hydrogen) atoms. The van der Waals surface area contributed by atoms with E-state index < -0.39 is 0 Å². The Morgan fingerprint density at radius 2 is 2.00 bits per heavy atom. The van der Waals surface area contributed by atoms with Crippen LogP contribution in [-0.4, -0.2) is 15.1 Å². The maximum Gasteiger partial charge on any atom is 0.112 e. The summed E-state index contributed by atoms with van der Waals surface area (Å²) in [4.78, 5) is 4.72. The van der Waals surface area contributed by atoms with Crippen molar-refractivity contribution in [2.75, 3.05) is 0 Å². The maximum atomic E-state index is 6.07. The fourth-order valence-corrected chi connectivity index (χ4v) is 2.42. The van der Waals surface area contributed by atoms with Gasteiger partial charge in [-0.05, 0) is 38.0 Å². The zero-order chi connectivity index (χ0) is 13.5. The molecule has 1 heterocycles. The van der Waals surface area contributed by atoms with Gasteiger partial charge < -0.3 is 10.3 Å². The van der Waals surface area contributed by atoms with Crippen LogP contribution in [0.4, 0.5) is 0 Å². The van der Waals surface area contributed by atoms with Crippen LogP contribution in [0.5, 0.6) is 0 Å². The fourth-order valence-electron chi connectivity index (χ4n) is 2.42. The molecule has 0 saturated heterocycles. The van der Waals surface area contributed by atoms with E-state index in [1.165, 1.54) is 11.1 Å². The largest absolute Gasteiger partial charge is 0.331 e. The summed E-state index contributed by atoms with van der Waals surface area (Å²) in [7, 11) is 2.08. The van der Waals surface area contributed by atoms with Crippen molar-refractivity contribution in [2.45, 2.75) is 45.6 Å². The molecule has 0 aliphatic heterocycles. The first-order valence-corrected chi connectivity index (χ1v) is 6.52. The Morgan fingerprint density at radius 3 is 2.56 bits per heavy atom. The van der Waals surface area contributed by atoms with Gasteiger partial charge in [-0.15, -0.1) is 0 Å². The van der Waals surface area contributed by atoms with E-state index >= 15 is 0 Å².